The standard InChI is InChI=1S/C33H38N2O/c1-7-34-27-15-11-9-13-25(27)32(3,4)29(34)21-19-23-17-18-24(31(23)36)20-22-30-33(5,6)26-14-10-12-16-28(26)35(30)8-2/h9-16,19-22H,7-8,17-18H2,1-6H3/b23-19-,24-20+,29-21-,30-22+. The number of allylic oxidation sites excluding steroid dienone is 8. The van der Waals surface area contributed by atoms with Gasteiger partial charge in [-0.25, -0.2) is 0 Å². The number of hydrogen-bond donors (Lipinski definition) is 0. The summed E-state index contributed by atoms with van der Waals surface area (Å²) < 4.78 is 0. The Morgan fingerprint density at radius 1 is 0.667 bits per heavy atom. The van der Waals surface area contributed by atoms with Gasteiger partial charge < -0.3 is 9.80 Å². The Hall–Kier alpha value is -3.33. The van der Waals surface area contributed by atoms with Gasteiger partial charge in [-0.3, -0.25) is 4.79 Å². The summed E-state index contributed by atoms with van der Waals surface area (Å²) in [4.78, 5) is 18.1. The van der Waals surface area contributed by atoms with Crippen LogP contribution in [0, 0.1) is 0 Å². The quantitative estimate of drug-likeness (QED) is 0.423. The van der Waals surface area contributed by atoms with Gasteiger partial charge in [-0.15, -0.1) is 0 Å². The van der Waals surface area contributed by atoms with Gasteiger partial charge in [0.25, 0.3) is 0 Å². The lowest BCUT2D eigenvalue weighted by Gasteiger charge is -2.26. The fraction of sp³-hybridized carbons (Fsp3) is 0.364. The lowest BCUT2D eigenvalue weighted by Crippen LogP contribution is -2.25. The lowest BCUT2D eigenvalue weighted by molar-refractivity contribution is -0.111. The molecule has 3 nitrogen and oxygen atoms in total. The van der Waals surface area contributed by atoms with Crippen LogP contribution in [0.15, 0.2) is 95.4 Å². The predicted octanol–water partition coefficient (Wildman–Crippen LogP) is 7.61. The van der Waals surface area contributed by atoms with E-state index in [4.69, 9.17) is 0 Å². The topological polar surface area (TPSA) is 23.6 Å². The van der Waals surface area contributed by atoms with Crippen LogP contribution in [0.3, 0.4) is 0 Å². The van der Waals surface area contributed by atoms with E-state index in [1.54, 1.807) is 0 Å². The smallest absolute Gasteiger partial charge is 0.185 e. The molecular weight excluding hydrogens is 440 g/mol. The van der Waals surface area contributed by atoms with Gasteiger partial charge in [0.1, 0.15) is 0 Å². The van der Waals surface area contributed by atoms with Crippen molar-refractivity contribution in [2.24, 2.45) is 0 Å². The van der Waals surface area contributed by atoms with Gasteiger partial charge in [0.15, 0.2) is 5.78 Å². The largest absolute Gasteiger partial charge is 0.344 e. The Morgan fingerprint density at radius 3 is 1.44 bits per heavy atom. The number of anilines is 2. The van der Waals surface area contributed by atoms with Crippen molar-refractivity contribution in [2.75, 3.05) is 22.9 Å². The maximum absolute atomic E-state index is 13.4. The molecule has 1 aliphatic carbocycles. The average molecular weight is 479 g/mol. The van der Waals surface area contributed by atoms with Crippen molar-refractivity contribution in [3.8, 4) is 0 Å². The molecular formula is C33H38N2O. The van der Waals surface area contributed by atoms with Crippen molar-refractivity contribution in [3.05, 3.63) is 107 Å². The van der Waals surface area contributed by atoms with Crippen LogP contribution in [-0.2, 0) is 15.6 Å². The van der Waals surface area contributed by atoms with Crippen LogP contribution in [0.5, 0.6) is 0 Å². The van der Waals surface area contributed by atoms with Crippen molar-refractivity contribution < 1.29 is 4.79 Å². The number of Topliss-reactive ketones (excluding diaryl/α,β-unsaturated/α-hetero) is 1. The number of nitrogens with zero attached hydrogens (tertiary/aromatic N) is 2. The van der Waals surface area contributed by atoms with Crippen LogP contribution in [-0.4, -0.2) is 18.9 Å². The van der Waals surface area contributed by atoms with Gasteiger partial charge in [-0.1, -0.05) is 76.2 Å². The van der Waals surface area contributed by atoms with E-state index in [1.165, 1.54) is 33.9 Å². The first-order chi connectivity index (χ1) is 17.2. The Labute approximate surface area is 216 Å². The summed E-state index contributed by atoms with van der Waals surface area (Å²) in [6.45, 7) is 15.3. The Kier molecular flexibility index (Phi) is 6.06. The first-order valence-corrected chi connectivity index (χ1v) is 13.3. The molecule has 1 saturated carbocycles. The molecule has 2 aliphatic heterocycles. The number of fused-ring (bicyclic) bond motifs is 2. The second-order valence-corrected chi connectivity index (χ2v) is 11.1. The molecule has 0 saturated heterocycles. The molecule has 2 heterocycles. The normalized spacial score (nSPS) is 24.4. The average Bonchev–Trinajstić information content (AvgIpc) is 3.41. The van der Waals surface area contributed by atoms with E-state index in [9.17, 15) is 4.79 Å². The Morgan fingerprint density at radius 2 is 1.06 bits per heavy atom. The molecule has 5 rings (SSSR count). The molecule has 0 bridgehead atoms. The van der Waals surface area contributed by atoms with Crippen molar-refractivity contribution in [1.82, 2.24) is 0 Å². The Bertz CT molecular complexity index is 1230. The molecule has 0 radical (unpaired) electrons. The Balaban J connectivity index is 1.43. The number of likely N-dealkylation sites (N-methyl/N-ethyl adjacent to an activating group) is 2. The number of carbonyl (C=O) groups is 1. The van der Waals surface area contributed by atoms with Gasteiger partial charge >= 0.3 is 0 Å². The van der Waals surface area contributed by atoms with E-state index in [2.05, 4.69) is 124 Å². The van der Waals surface area contributed by atoms with Crippen LogP contribution in [0.25, 0.3) is 0 Å². The van der Waals surface area contributed by atoms with Gasteiger partial charge in [-0.05, 0) is 62.1 Å². The maximum atomic E-state index is 13.4. The lowest BCUT2D eigenvalue weighted by atomic mass is 9.83. The second-order valence-electron chi connectivity index (χ2n) is 11.1. The fourth-order valence-electron chi connectivity index (χ4n) is 6.34. The summed E-state index contributed by atoms with van der Waals surface area (Å²) in [6, 6.07) is 17.3. The molecule has 0 N–H and O–H groups in total. The third-order valence-corrected chi connectivity index (χ3v) is 8.36. The zero-order valence-corrected chi connectivity index (χ0v) is 22.6. The first kappa shape index (κ1) is 24.4. The highest BCUT2D eigenvalue weighted by Gasteiger charge is 2.40. The van der Waals surface area contributed by atoms with Crippen LogP contribution in [0.4, 0.5) is 11.4 Å². The molecule has 2 aromatic carbocycles. The molecule has 0 unspecified atom stereocenters. The number of para-hydroxylation sites is 2. The molecule has 186 valence electrons. The fourth-order valence-corrected chi connectivity index (χ4v) is 6.34. The SMILES string of the molecule is CCN1/C(=C\C=C2\CC/C(=C\C=C3\N(CC)c4ccccc4C3(C)C)C2=O)C(C)(C)c2ccccc21. The molecule has 0 spiro atoms. The second kappa shape index (κ2) is 8.96. The minimum absolute atomic E-state index is 0.0823. The first-order valence-electron chi connectivity index (χ1n) is 13.3. The third kappa shape index (κ3) is 3.68. The highest BCUT2D eigenvalue weighted by Crippen LogP contribution is 2.48. The van der Waals surface area contributed by atoms with Gasteiger partial charge in [0.05, 0.1) is 0 Å². The van der Waals surface area contributed by atoms with Crippen LogP contribution in [0.1, 0.15) is 65.5 Å². The van der Waals surface area contributed by atoms with Crippen molar-refractivity contribution in [1.29, 1.82) is 0 Å². The highest BCUT2D eigenvalue weighted by atomic mass is 16.1. The monoisotopic (exact) mass is 478 g/mol. The van der Waals surface area contributed by atoms with Gasteiger partial charge in [0, 0.05) is 57.8 Å². The molecule has 3 aliphatic rings. The molecule has 2 aromatic rings. The molecule has 0 aromatic heterocycles. The zero-order chi connectivity index (χ0) is 25.7. The van der Waals surface area contributed by atoms with Crippen molar-refractivity contribution in [3.63, 3.8) is 0 Å². The van der Waals surface area contributed by atoms with Crippen LogP contribution >= 0.6 is 0 Å². The number of benzene rings is 2. The van der Waals surface area contributed by atoms with E-state index in [0.29, 0.717) is 0 Å². The minimum atomic E-state index is -0.0823. The number of ketones is 1. The summed E-state index contributed by atoms with van der Waals surface area (Å²) >= 11 is 0. The van der Waals surface area contributed by atoms with E-state index < -0.39 is 0 Å². The third-order valence-electron chi connectivity index (χ3n) is 8.36. The van der Waals surface area contributed by atoms with Crippen LogP contribution < -0.4 is 9.80 Å². The van der Waals surface area contributed by atoms with Gasteiger partial charge in [-0.2, -0.15) is 0 Å². The summed E-state index contributed by atoms with van der Waals surface area (Å²) in [5.74, 6) is 0.191. The highest BCUT2D eigenvalue weighted by molar-refractivity contribution is 6.11. The van der Waals surface area contributed by atoms with Crippen LogP contribution in [0.2, 0.25) is 0 Å². The number of carbonyl (C=O) groups excluding carboxylic acids is 1. The van der Waals surface area contributed by atoms with E-state index in [-0.39, 0.29) is 16.6 Å². The molecule has 0 atom stereocenters. The predicted molar refractivity (Wildman–Crippen MR) is 152 cm³/mol. The summed E-state index contributed by atoms with van der Waals surface area (Å²) in [7, 11) is 0. The summed E-state index contributed by atoms with van der Waals surface area (Å²) in [5, 5.41) is 0. The molecule has 0 amide bonds. The molecule has 3 heteroatoms. The molecule has 1 fully saturated rings. The molecule has 36 heavy (non-hydrogen) atoms. The number of hydrogen-bond acceptors (Lipinski definition) is 3. The zero-order valence-electron chi connectivity index (χ0n) is 22.6. The van der Waals surface area contributed by atoms with Gasteiger partial charge in [0.2, 0.25) is 0 Å². The van der Waals surface area contributed by atoms with E-state index >= 15 is 0 Å². The summed E-state index contributed by atoms with van der Waals surface area (Å²) in [6.07, 6.45) is 10.1. The van der Waals surface area contributed by atoms with E-state index in [0.717, 1.165) is 37.1 Å². The summed E-state index contributed by atoms with van der Waals surface area (Å²) in [5.41, 5.74) is 9.44. The van der Waals surface area contributed by atoms with E-state index in [1.807, 2.05) is 0 Å². The number of rotatable bonds is 4. The van der Waals surface area contributed by atoms with Crippen molar-refractivity contribution >= 4 is 17.2 Å². The minimum Gasteiger partial charge on any atom is -0.344 e. The maximum Gasteiger partial charge on any atom is 0.185 e. The van der Waals surface area contributed by atoms with Crippen molar-refractivity contribution in [2.45, 2.75) is 65.2 Å².